The number of carbonyl (C=O) groups is 3. The molecule has 8 nitrogen and oxygen atoms in total. The van der Waals surface area contributed by atoms with Gasteiger partial charge in [0, 0.05) is 19.5 Å². The molecular weight excluding hydrogens is 489 g/mol. The Morgan fingerprint density at radius 3 is 2.54 bits per heavy atom. The van der Waals surface area contributed by atoms with Crippen LogP contribution >= 0.6 is 0 Å². The molecule has 2 aromatic carbocycles. The second-order valence-corrected chi connectivity index (χ2v) is 9.07. The number of nitrogens with zero attached hydrogens (tertiary/aromatic N) is 4. The number of alkyl halides is 3. The number of halogens is 3. The maximum Gasteiger partial charge on any atom is 0.416 e. The van der Waals surface area contributed by atoms with Crippen LogP contribution in [0.15, 0.2) is 48.5 Å². The maximum atomic E-state index is 13.2. The lowest BCUT2D eigenvalue weighted by Gasteiger charge is -2.51. The molecule has 4 rings (SSSR count). The predicted octanol–water partition coefficient (Wildman–Crippen LogP) is 3.84. The van der Waals surface area contributed by atoms with Crippen LogP contribution in [0.4, 0.5) is 18.0 Å². The maximum absolute atomic E-state index is 13.2. The molecule has 0 unspecified atom stereocenters. The number of piperazine rings is 1. The fourth-order valence-corrected chi connectivity index (χ4v) is 4.76. The lowest BCUT2D eigenvalue weighted by molar-refractivity contribution is -0.168. The normalized spacial score (nSPS) is 19.9. The summed E-state index contributed by atoms with van der Waals surface area (Å²) in [5, 5.41) is 9.33. The predicted molar refractivity (Wildman–Crippen MR) is 124 cm³/mol. The largest absolute Gasteiger partial charge is 0.444 e. The molecule has 194 valence electrons. The van der Waals surface area contributed by atoms with Crippen molar-refractivity contribution in [1.29, 1.82) is 5.26 Å². The highest BCUT2D eigenvalue weighted by Crippen LogP contribution is 2.31. The summed E-state index contributed by atoms with van der Waals surface area (Å²) < 4.78 is 44.9. The molecule has 2 heterocycles. The van der Waals surface area contributed by atoms with Crippen molar-refractivity contribution in [2.75, 3.05) is 13.1 Å². The number of nitriles is 1. The summed E-state index contributed by atoms with van der Waals surface area (Å²) in [6.07, 6.45) is -6.52. The average Bonchev–Trinajstić information content (AvgIpc) is 2.85. The van der Waals surface area contributed by atoms with Gasteiger partial charge in [-0.15, -0.1) is 0 Å². The number of amides is 3. The fourth-order valence-electron chi connectivity index (χ4n) is 4.76. The van der Waals surface area contributed by atoms with Gasteiger partial charge in [-0.05, 0) is 30.2 Å². The van der Waals surface area contributed by atoms with Gasteiger partial charge in [-0.2, -0.15) is 18.4 Å². The number of ether oxygens (including phenoxy) is 1. The van der Waals surface area contributed by atoms with E-state index in [-0.39, 0.29) is 49.9 Å². The molecule has 0 radical (unpaired) electrons. The zero-order valence-corrected chi connectivity index (χ0v) is 20.1. The Morgan fingerprint density at radius 1 is 1.14 bits per heavy atom. The minimum absolute atomic E-state index is 0.0131. The SMILES string of the molecule is Cc1cc(COC(=O)N2CCC(=O)N3[C@@H]2CN(Cc2ccccc2)C(=O)[C@@H]3CC#N)cc(C(F)(F)F)c1. The third kappa shape index (κ3) is 5.69. The fraction of sp³-hybridized carbons (Fsp3) is 0.385. The van der Waals surface area contributed by atoms with Crippen molar-refractivity contribution in [1.82, 2.24) is 14.7 Å². The second-order valence-electron chi connectivity index (χ2n) is 9.07. The molecule has 11 heteroatoms. The molecule has 2 aliphatic rings. The number of aryl methyl sites for hydroxylation is 1. The van der Waals surface area contributed by atoms with Crippen LogP contribution in [0.25, 0.3) is 0 Å². The van der Waals surface area contributed by atoms with E-state index >= 15 is 0 Å². The van der Waals surface area contributed by atoms with Crippen LogP contribution < -0.4 is 0 Å². The Hall–Kier alpha value is -4.07. The van der Waals surface area contributed by atoms with Gasteiger partial charge in [-0.25, -0.2) is 4.79 Å². The van der Waals surface area contributed by atoms with Crippen LogP contribution in [0.5, 0.6) is 0 Å². The van der Waals surface area contributed by atoms with Crippen molar-refractivity contribution in [3.63, 3.8) is 0 Å². The van der Waals surface area contributed by atoms with E-state index in [1.807, 2.05) is 36.4 Å². The van der Waals surface area contributed by atoms with Gasteiger partial charge in [0.05, 0.1) is 24.6 Å². The first-order valence-electron chi connectivity index (χ1n) is 11.7. The summed E-state index contributed by atoms with van der Waals surface area (Å²) >= 11 is 0. The third-order valence-electron chi connectivity index (χ3n) is 6.41. The highest BCUT2D eigenvalue weighted by atomic mass is 19.4. The van der Waals surface area contributed by atoms with E-state index in [2.05, 4.69) is 0 Å². The van der Waals surface area contributed by atoms with Crippen LogP contribution in [0.1, 0.15) is 35.1 Å². The molecule has 0 spiro atoms. The second kappa shape index (κ2) is 10.5. The Labute approximate surface area is 211 Å². The summed E-state index contributed by atoms with van der Waals surface area (Å²) in [7, 11) is 0. The number of fused-ring (bicyclic) bond motifs is 1. The van der Waals surface area contributed by atoms with Crippen LogP contribution in [-0.4, -0.2) is 57.9 Å². The first kappa shape index (κ1) is 26.0. The summed E-state index contributed by atoms with van der Waals surface area (Å²) in [4.78, 5) is 43.2. The highest BCUT2D eigenvalue weighted by Gasteiger charge is 2.49. The molecule has 2 atom stereocenters. The summed E-state index contributed by atoms with van der Waals surface area (Å²) in [5.41, 5.74) is 0.556. The summed E-state index contributed by atoms with van der Waals surface area (Å²) in [6, 6.07) is 13.5. The minimum Gasteiger partial charge on any atom is -0.444 e. The van der Waals surface area contributed by atoms with E-state index < -0.39 is 36.6 Å². The molecule has 0 bridgehead atoms. The number of hydrogen-bond donors (Lipinski definition) is 0. The molecular formula is C26H25F3N4O4. The molecule has 2 aromatic rings. The zero-order valence-electron chi connectivity index (χ0n) is 20.1. The smallest absolute Gasteiger partial charge is 0.416 e. The van der Waals surface area contributed by atoms with E-state index in [0.717, 1.165) is 17.7 Å². The standard InChI is InChI=1S/C26H25F3N4O4/c1-17-11-19(13-20(12-17)26(27,28)29)16-37-25(36)32-10-8-23(34)33-21(7-9-30)24(35)31(15-22(32)33)14-18-5-3-2-4-6-18/h2-6,11-13,21-22H,7-8,10,14-16H2,1H3/t21-,22+/m0/s1. The molecule has 0 aliphatic carbocycles. The molecule has 37 heavy (non-hydrogen) atoms. The number of benzene rings is 2. The molecule has 2 fully saturated rings. The van der Waals surface area contributed by atoms with E-state index in [4.69, 9.17) is 4.74 Å². The molecule has 0 saturated carbocycles. The van der Waals surface area contributed by atoms with Crippen molar-refractivity contribution in [2.45, 2.75) is 51.3 Å². The first-order chi connectivity index (χ1) is 17.6. The Bertz CT molecular complexity index is 1230. The summed E-state index contributed by atoms with van der Waals surface area (Å²) in [5.74, 6) is -0.736. The van der Waals surface area contributed by atoms with Gasteiger partial charge in [0.15, 0.2) is 0 Å². The molecule has 2 aliphatic heterocycles. The van der Waals surface area contributed by atoms with Crippen molar-refractivity contribution in [3.8, 4) is 6.07 Å². The van der Waals surface area contributed by atoms with E-state index in [9.17, 15) is 32.8 Å². The molecule has 3 amide bonds. The minimum atomic E-state index is -4.54. The van der Waals surface area contributed by atoms with E-state index in [1.54, 1.807) is 0 Å². The topological polar surface area (TPSA) is 93.9 Å². The van der Waals surface area contributed by atoms with Gasteiger partial charge in [0.2, 0.25) is 11.8 Å². The van der Waals surface area contributed by atoms with Crippen molar-refractivity contribution >= 4 is 17.9 Å². The number of rotatable bonds is 5. The van der Waals surface area contributed by atoms with Crippen molar-refractivity contribution < 1.29 is 32.3 Å². The number of carbonyl (C=O) groups excluding carboxylic acids is 3. The van der Waals surface area contributed by atoms with Crippen molar-refractivity contribution in [3.05, 3.63) is 70.8 Å². The van der Waals surface area contributed by atoms with E-state index in [1.165, 1.54) is 27.7 Å². The summed E-state index contributed by atoms with van der Waals surface area (Å²) in [6.45, 7) is 1.39. The van der Waals surface area contributed by atoms with Crippen LogP contribution in [0.3, 0.4) is 0 Å². The van der Waals surface area contributed by atoms with Gasteiger partial charge in [-0.1, -0.05) is 42.0 Å². The lowest BCUT2D eigenvalue weighted by Crippen LogP contribution is -2.71. The lowest BCUT2D eigenvalue weighted by atomic mass is 10.0. The molecule has 0 aromatic heterocycles. The molecule has 0 N–H and O–H groups in total. The van der Waals surface area contributed by atoms with Gasteiger partial charge in [-0.3, -0.25) is 14.5 Å². The Morgan fingerprint density at radius 2 is 1.86 bits per heavy atom. The third-order valence-corrected chi connectivity index (χ3v) is 6.41. The number of hydrogen-bond acceptors (Lipinski definition) is 5. The van der Waals surface area contributed by atoms with Crippen LogP contribution in [-0.2, 0) is 33.7 Å². The van der Waals surface area contributed by atoms with Gasteiger partial charge >= 0.3 is 12.3 Å². The van der Waals surface area contributed by atoms with Gasteiger partial charge < -0.3 is 14.5 Å². The van der Waals surface area contributed by atoms with Crippen LogP contribution in [0, 0.1) is 18.3 Å². The zero-order chi connectivity index (χ0) is 26.7. The average molecular weight is 515 g/mol. The van der Waals surface area contributed by atoms with Crippen LogP contribution in [0.2, 0.25) is 0 Å². The highest BCUT2D eigenvalue weighted by molar-refractivity contribution is 5.90. The van der Waals surface area contributed by atoms with Gasteiger partial charge in [0.1, 0.15) is 18.8 Å². The first-order valence-corrected chi connectivity index (χ1v) is 11.7. The van der Waals surface area contributed by atoms with Crippen molar-refractivity contribution in [2.24, 2.45) is 0 Å². The van der Waals surface area contributed by atoms with E-state index in [0.29, 0.717) is 5.56 Å². The quantitative estimate of drug-likeness (QED) is 0.605. The Balaban J connectivity index is 1.55. The van der Waals surface area contributed by atoms with Gasteiger partial charge in [0.25, 0.3) is 0 Å². The molecule has 2 saturated heterocycles. The monoisotopic (exact) mass is 514 g/mol. The Kier molecular flexibility index (Phi) is 7.38.